The van der Waals surface area contributed by atoms with Crippen molar-refractivity contribution in [2.45, 2.75) is 34.1 Å². The van der Waals surface area contributed by atoms with Crippen LogP contribution in [0.15, 0.2) is 23.5 Å². The van der Waals surface area contributed by atoms with Gasteiger partial charge in [0.05, 0.1) is 0 Å². The Balaban J connectivity index is 0. The van der Waals surface area contributed by atoms with Gasteiger partial charge in [-0.1, -0.05) is 26.8 Å². The van der Waals surface area contributed by atoms with Gasteiger partial charge in [0.15, 0.2) is 0 Å². The summed E-state index contributed by atoms with van der Waals surface area (Å²) in [4.78, 5) is 2.17. The van der Waals surface area contributed by atoms with Crippen LogP contribution in [0.4, 0.5) is 0 Å². The van der Waals surface area contributed by atoms with Gasteiger partial charge < -0.3 is 4.74 Å². The molecule has 1 aliphatic rings. The molecule has 1 heterocycles. The van der Waals surface area contributed by atoms with Crippen molar-refractivity contribution in [3.63, 3.8) is 0 Å². The molecule has 92 valence electrons. The SMILES string of the molecule is C#C.C/C=C\C1=C(CC)CN(C)CO1.CC. The monoisotopic (exact) mass is 223 g/mol. The summed E-state index contributed by atoms with van der Waals surface area (Å²) < 4.78 is 5.55. The van der Waals surface area contributed by atoms with E-state index in [0.717, 1.165) is 18.7 Å². The minimum Gasteiger partial charge on any atom is -0.478 e. The van der Waals surface area contributed by atoms with Crippen LogP contribution < -0.4 is 0 Å². The maximum Gasteiger partial charge on any atom is 0.142 e. The smallest absolute Gasteiger partial charge is 0.142 e. The lowest BCUT2D eigenvalue weighted by Gasteiger charge is -2.26. The van der Waals surface area contributed by atoms with Crippen molar-refractivity contribution in [3.8, 4) is 12.8 Å². The van der Waals surface area contributed by atoms with Gasteiger partial charge in [-0.05, 0) is 32.0 Å². The van der Waals surface area contributed by atoms with Crippen LogP contribution in [0.3, 0.4) is 0 Å². The highest BCUT2D eigenvalue weighted by molar-refractivity contribution is 5.22. The van der Waals surface area contributed by atoms with Crippen molar-refractivity contribution in [2.75, 3.05) is 20.3 Å². The molecule has 0 aliphatic carbocycles. The zero-order valence-electron chi connectivity index (χ0n) is 11.3. The largest absolute Gasteiger partial charge is 0.478 e. The molecule has 0 aromatic heterocycles. The molecule has 0 aromatic rings. The number of rotatable bonds is 2. The van der Waals surface area contributed by atoms with Crippen LogP contribution >= 0.6 is 0 Å². The highest BCUT2D eigenvalue weighted by Crippen LogP contribution is 2.17. The fraction of sp³-hybridized carbons (Fsp3) is 0.571. The number of allylic oxidation sites excluding steroid dienone is 2. The summed E-state index contributed by atoms with van der Waals surface area (Å²) in [5.74, 6) is 1.07. The Morgan fingerprint density at radius 3 is 2.38 bits per heavy atom. The van der Waals surface area contributed by atoms with E-state index in [4.69, 9.17) is 4.74 Å². The molecule has 0 N–H and O–H groups in total. The molecule has 0 saturated heterocycles. The zero-order valence-corrected chi connectivity index (χ0v) is 11.3. The Labute approximate surface area is 101 Å². The van der Waals surface area contributed by atoms with Crippen LogP contribution in [-0.4, -0.2) is 25.2 Å². The molecule has 16 heavy (non-hydrogen) atoms. The van der Waals surface area contributed by atoms with Crippen molar-refractivity contribution in [1.82, 2.24) is 4.90 Å². The van der Waals surface area contributed by atoms with Crippen molar-refractivity contribution in [2.24, 2.45) is 0 Å². The van der Waals surface area contributed by atoms with Gasteiger partial charge in [0.1, 0.15) is 12.5 Å². The topological polar surface area (TPSA) is 12.5 Å². The second-order valence-corrected chi connectivity index (χ2v) is 3.11. The summed E-state index contributed by atoms with van der Waals surface area (Å²) in [5, 5.41) is 0. The van der Waals surface area contributed by atoms with Crippen LogP contribution in [0.2, 0.25) is 0 Å². The Kier molecular flexibility index (Phi) is 12.8. The molecule has 1 rings (SSSR count). The maximum absolute atomic E-state index is 5.55. The van der Waals surface area contributed by atoms with Crippen molar-refractivity contribution in [3.05, 3.63) is 23.5 Å². The molecule has 0 amide bonds. The fourth-order valence-corrected chi connectivity index (χ4v) is 1.33. The Hall–Kier alpha value is -1.20. The minimum absolute atomic E-state index is 0.711. The Bertz CT molecular complexity index is 238. The van der Waals surface area contributed by atoms with Crippen molar-refractivity contribution < 1.29 is 4.74 Å². The quantitative estimate of drug-likeness (QED) is 0.665. The lowest BCUT2D eigenvalue weighted by Crippen LogP contribution is -2.29. The van der Waals surface area contributed by atoms with E-state index in [0.29, 0.717) is 6.73 Å². The van der Waals surface area contributed by atoms with Gasteiger partial charge in [-0.15, -0.1) is 12.8 Å². The first-order chi connectivity index (χ1) is 7.77. The summed E-state index contributed by atoms with van der Waals surface area (Å²) >= 11 is 0. The summed E-state index contributed by atoms with van der Waals surface area (Å²) in [6.07, 6.45) is 13.1. The molecule has 0 aromatic carbocycles. The predicted octanol–water partition coefficient (Wildman–Crippen LogP) is 3.42. The second kappa shape index (κ2) is 11.9. The Morgan fingerprint density at radius 2 is 1.94 bits per heavy atom. The molecule has 0 radical (unpaired) electrons. The Morgan fingerprint density at radius 1 is 1.38 bits per heavy atom. The molecule has 0 fully saturated rings. The molecule has 0 saturated carbocycles. The molecule has 2 nitrogen and oxygen atoms in total. The van der Waals surface area contributed by atoms with Crippen LogP contribution in [0.25, 0.3) is 0 Å². The first-order valence-electron chi connectivity index (χ1n) is 5.77. The number of terminal acetylenes is 1. The molecular weight excluding hydrogens is 198 g/mol. The lowest BCUT2D eigenvalue weighted by atomic mass is 10.1. The number of likely N-dealkylation sites (N-methyl/N-ethyl adjacent to an activating group) is 1. The van der Waals surface area contributed by atoms with Gasteiger partial charge >= 0.3 is 0 Å². The number of nitrogens with zero attached hydrogens (tertiary/aromatic N) is 1. The summed E-state index contributed by atoms with van der Waals surface area (Å²) in [7, 11) is 2.07. The average molecular weight is 223 g/mol. The molecule has 0 bridgehead atoms. The molecular formula is C14H25NO. The summed E-state index contributed by atoms with van der Waals surface area (Å²) in [6, 6.07) is 0. The van der Waals surface area contributed by atoms with E-state index in [1.54, 1.807) is 0 Å². The highest BCUT2D eigenvalue weighted by Gasteiger charge is 2.13. The van der Waals surface area contributed by atoms with E-state index in [1.165, 1.54) is 5.57 Å². The third-order valence-corrected chi connectivity index (χ3v) is 1.99. The number of hydrogen-bond acceptors (Lipinski definition) is 2. The summed E-state index contributed by atoms with van der Waals surface area (Å²) in [6.45, 7) is 9.93. The molecule has 1 aliphatic heterocycles. The first kappa shape index (κ1) is 17.2. The first-order valence-corrected chi connectivity index (χ1v) is 5.77. The minimum atomic E-state index is 0.711. The van der Waals surface area contributed by atoms with Gasteiger partial charge in [-0.2, -0.15) is 0 Å². The fourth-order valence-electron chi connectivity index (χ4n) is 1.33. The van der Waals surface area contributed by atoms with Crippen LogP contribution in [0.1, 0.15) is 34.1 Å². The van der Waals surface area contributed by atoms with Crippen molar-refractivity contribution >= 4 is 0 Å². The van der Waals surface area contributed by atoms with Gasteiger partial charge in [0.25, 0.3) is 0 Å². The van der Waals surface area contributed by atoms with Gasteiger partial charge in [-0.25, -0.2) is 0 Å². The third-order valence-electron chi connectivity index (χ3n) is 1.99. The van der Waals surface area contributed by atoms with E-state index in [-0.39, 0.29) is 0 Å². The number of hydrogen-bond donors (Lipinski definition) is 0. The maximum atomic E-state index is 5.55. The number of ether oxygens (including phenoxy) is 1. The highest BCUT2D eigenvalue weighted by atomic mass is 16.5. The average Bonchev–Trinajstić information content (AvgIpc) is 2.36. The molecule has 0 unspecified atom stereocenters. The second-order valence-electron chi connectivity index (χ2n) is 3.11. The molecule has 0 atom stereocenters. The van der Waals surface area contributed by atoms with Gasteiger partial charge in [-0.3, -0.25) is 4.90 Å². The van der Waals surface area contributed by atoms with E-state index in [1.807, 2.05) is 32.9 Å². The normalized spacial score (nSPS) is 15.7. The van der Waals surface area contributed by atoms with E-state index < -0.39 is 0 Å². The van der Waals surface area contributed by atoms with Gasteiger partial charge in [0, 0.05) is 6.54 Å². The van der Waals surface area contributed by atoms with Crippen molar-refractivity contribution in [1.29, 1.82) is 0 Å². The van der Waals surface area contributed by atoms with Crippen LogP contribution in [-0.2, 0) is 4.74 Å². The van der Waals surface area contributed by atoms with Crippen LogP contribution in [0.5, 0.6) is 0 Å². The molecule has 2 heteroatoms. The summed E-state index contributed by atoms with van der Waals surface area (Å²) in [5.41, 5.74) is 1.39. The lowest BCUT2D eigenvalue weighted by molar-refractivity contribution is 0.0809. The van der Waals surface area contributed by atoms with E-state index in [2.05, 4.69) is 31.7 Å². The van der Waals surface area contributed by atoms with E-state index >= 15 is 0 Å². The predicted molar refractivity (Wildman–Crippen MR) is 72.0 cm³/mol. The zero-order chi connectivity index (χ0) is 13.0. The standard InChI is InChI=1S/C10H17NO.C2H6.C2H2/c1-4-6-10-9(5-2)7-11(3)8-12-10;2*1-2/h4,6H,5,7-8H2,1-3H3;1-2H3;1-2H/b6-4-;;. The van der Waals surface area contributed by atoms with E-state index in [9.17, 15) is 0 Å². The third kappa shape index (κ3) is 6.31. The van der Waals surface area contributed by atoms with Gasteiger partial charge in [0.2, 0.25) is 0 Å². The van der Waals surface area contributed by atoms with Crippen LogP contribution in [0, 0.1) is 12.8 Å². The molecule has 0 spiro atoms.